The minimum absolute atomic E-state index is 0.0725. The zero-order valence-electron chi connectivity index (χ0n) is 57.0. The van der Waals surface area contributed by atoms with Gasteiger partial charge in [-0.2, -0.15) is 0 Å². The van der Waals surface area contributed by atoms with Crippen molar-refractivity contribution in [3.05, 3.63) is 203 Å². The molecule has 508 valence electrons. The summed E-state index contributed by atoms with van der Waals surface area (Å²) in [6, 6.07) is 49.5. The van der Waals surface area contributed by atoms with Crippen LogP contribution >= 0.6 is 0 Å². The maximum atomic E-state index is 12.7. The molecule has 96 heavy (non-hydrogen) atoms. The minimum Gasteiger partial charge on any atom is -0.423 e. The normalized spacial score (nSPS) is 12.5. The van der Waals surface area contributed by atoms with Crippen molar-refractivity contribution in [3.63, 3.8) is 0 Å². The zero-order valence-corrected chi connectivity index (χ0v) is 57.0. The van der Waals surface area contributed by atoms with Crippen LogP contribution in [-0.2, 0) is 53.7 Å². The second-order valence-corrected chi connectivity index (χ2v) is 26.0. The van der Waals surface area contributed by atoms with Crippen LogP contribution in [0.4, 0.5) is 0 Å². The summed E-state index contributed by atoms with van der Waals surface area (Å²) in [6.07, 6.45) is 15.8. The lowest BCUT2D eigenvalue weighted by molar-refractivity contribution is -0.126. The van der Waals surface area contributed by atoms with Crippen LogP contribution in [0.2, 0.25) is 0 Å². The summed E-state index contributed by atoms with van der Waals surface area (Å²) in [5.74, 6) is 0.152. The van der Waals surface area contributed by atoms with Gasteiger partial charge in [-0.25, -0.2) is 0 Å². The topological polar surface area (TPSA) is 225 Å². The third kappa shape index (κ3) is 22.0. The average Bonchev–Trinajstić information content (AvgIpc) is 0.750. The van der Waals surface area contributed by atoms with Crippen LogP contribution in [-0.4, -0.2) is 114 Å². The van der Waals surface area contributed by atoms with E-state index in [0.717, 1.165) is 136 Å². The number of hydrogen-bond acceptors (Lipinski definition) is 12. The highest BCUT2D eigenvalue weighted by molar-refractivity contribution is 6.59. The number of hydrogen-bond donors (Lipinski definition) is 10. The average molecular weight is 1300 g/mol. The number of carbonyl (C=O) groups is 3. The van der Waals surface area contributed by atoms with Gasteiger partial charge >= 0.3 is 14.2 Å². The molecule has 0 atom stereocenters. The van der Waals surface area contributed by atoms with Gasteiger partial charge in [-0.05, 0) is 179 Å². The molecule has 1 aliphatic carbocycles. The number of rotatable bonds is 38. The van der Waals surface area contributed by atoms with Crippen molar-refractivity contribution >= 4 is 86.0 Å². The van der Waals surface area contributed by atoms with Gasteiger partial charge in [0.2, 0.25) is 17.7 Å². The van der Waals surface area contributed by atoms with Crippen molar-refractivity contribution in [2.24, 2.45) is 11.7 Å². The zero-order chi connectivity index (χ0) is 68.0. The van der Waals surface area contributed by atoms with Gasteiger partial charge in [0.05, 0.1) is 0 Å². The van der Waals surface area contributed by atoms with Crippen molar-refractivity contribution in [1.29, 1.82) is 0 Å². The van der Waals surface area contributed by atoms with Crippen LogP contribution in [0.1, 0.15) is 144 Å². The van der Waals surface area contributed by atoms with Crippen molar-refractivity contribution in [1.82, 2.24) is 36.4 Å². The highest BCUT2D eigenvalue weighted by atomic mass is 16.4. The quantitative estimate of drug-likeness (QED) is 0.00755. The van der Waals surface area contributed by atoms with Gasteiger partial charge in [0.25, 0.3) is 0 Å². The Morgan fingerprint density at radius 1 is 0.427 bits per heavy atom. The van der Waals surface area contributed by atoms with E-state index in [-0.39, 0.29) is 23.6 Å². The number of nitrogens with two attached hydrogens (primary N) is 1. The van der Waals surface area contributed by atoms with Crippen LogP contribution in [0.5, 0.6) is 0 Å². The Morgan fingerprint density at radius 3 is 1.21 bits per heavy atom. The van der Waals surface area contributed by atoms with Crippen LogP contribution in [0.3, 0.4) is 0 Å². The molecule has 17 heteroatoms. The Labute approximate surface area is 570 Å². The number of nitrogens with one attached hydrogen (secondary N) is 5. The first-order valence-corrected chi connectivity index (χ1v) is 35.2. The number of nitrogens with zero attached hydrogens (tertiary/aromatic N) is 2. The molecule has 0 radical (unpaired) electrons. The molecule has 1 saturated carbocycles. The fraction of sp³-hybridized carbons (Fsp3) is 0.405. The van der Waals surface area contributed by atoms with Crippen LogP contribution in [0, 0.1) is 5.92 Å². The molecule has 0 aromatic heterocycles. The van der Waals surface area contributed by atoms with E-state index in [2.05, 4.69) is 147 Å². The van der Waals surface area contributed by atoms with Gasteiger partial charge < -0.3 is 52.4 Å². The molecule has 8 aromatic carbocycles. The van der Waals surface area contributed by atoms with E-state index in [0.29, 0.717) is 80.9 Å². The first-order valence-electron chi connectivity index (χ1n) is 35.2. The lowest BCUT2D eigenvalue weighted by atomic mass is 9.77. The molecule has 0 bridgehead atoms. The SMILES string of the molecule is C=C(C)C(=O)NCCCN(Cc1ccccc1B(O)O)Cc1c2ccccc2c(CN(CCCCCCNC(=O)C2CCCCC2)Cc2ccccc2B(O)O)c2ccccc12.C=C(C)C(=O)NCCCNCc1c2ccccc2c(CNCCCCCCN)c2ccccc12. The fourth-order valence-corrected chi connectivity index (χ4v) is 13.5. The van der Waals surface area contributed by atoms with Gasteiger partial charge in [0, 0.05) is 82.5 Å². The van der Waals surface area contributed by atoms with E-state index in [1.54, 1.807) is 26.0 Å². The largest absolute Gasteiger partial charge is 0.488 e. The maximum Gasteiger partial charge on any atom is 0.488 e. The molecular weight excluding hydrogens is 1190 g/mol. The predicted molar refractivity (Wildman–Crippen MR) is 398 cm³/mol. The van der Waals surface area contributed by atoms with Crippen molar-refractivity contribution in [2.45, 2.75) is 149 Å². The van der Waals surface area contributed by atoms with Crippen molar-refractivity contribution < 1.29 is 34.5 Å². The van der Waals surface area contributed by atoms with Crippen LogP contribution in [0.25, 0.3) is 43.1 Å². The van der Waals surface area contributed by atoms with Gasteiger partial charge in [-0.15, -0.1) is 0 Å². The van der Waals surface area contributed by atoms with Crippen LogP contribution in [0.15, 0.2) is 170 Å². The molecule has 0 heterocycles. The molecule has 15 nitrogen and oxygen atoms in total. The summed E-state index contributed by atoms with van der Waals surface area (Å²) in [5, 5.41) is 67.3. The monoisotopic (exact) mass is 1300 g/mol. The van der Waals surface area contributed by atoms with E-state index in [1.807, 2.05) is 36.4 Å². The predicted octanol–water partition coefficient (Wildman–Crippen LogP) is 10.5. The molecule has 3 amide bonds. The molecule has 1 fully saturated rings. The second-order valence-electron chi connectivity index (χ2n) is 26.0. The first-order chi connectivity index (χ1) is 46.7. The van der Waals surface area contributed by atoms with Gasteiger partial charge in [-0.3, -0.25) is 24.2 Å². The van der Waals surface area contributed by atoms with E-state index in [9.17, 15) is 34.5 Å². The number of fused-ring (bicyclic) bond motifs is 4. The van der Waals surface area contributed by atoms with Crippen LogP contribution < -0.4 is 43.2 Å². The van der Waals surface area contributed by atoms with Gasteiger partial charge in [-0.1, -0.05) is 204 Å². The molecule has 0 aliphatic heterocycles. The van der Waals surface area contributed by atoms with Crippen molar-refractivity contribution in [3.8, 4) is 0 Å². The highest BCUT2D eigenvalue weighted by Gasteiger charge is 2.24. The van der Waals surface area contributed by atoms with Gasteiger partial charge in [0.15, 0.2) is 0 Å². The summed E-state index contributed by atoms with van der Waals surface area (Å²) in [5.41, 5.74) is 14.4. The number of benzene rings is 8. The first kappa shape index (κ1) is 74.3. The Bertz CT molecular complexity index is 3700. The smallest absolute Gasteiger partial charge is 0.423 e. The van der Waals surface area contributed by atoms with Gasteiger partial charge in [0.1, 0.15) is 0 Å². The number of amides is 3. The Balaban J connectivity index is 0.000000292. The summed E-state index contributed by atoms with van der Waals surface area (Å²) >= 11 is 0. The lowest BCUT2D eigenvalue weighted by Gasteiger charge is -2.28. The Hall–Kier alpha value is -7.54. The highest BCUT2D eigenvalue weighted by Crippen LogP contribution is 2.37. The van der Waals surface area contributed by atoms with E-state index in [4.69, 9.17) is 5.73 Å². The molecular formula is C79H104B2N8O7. The Kier molecular flexibility index (Phi) is 30.6. The fourth-order valence-electron chi connectivity index (χ4n) is 13.5. The third-order valence-electron chi connectivity index (χ3n) is 18.6. The third-order valence-corrected chi connectivity index (χ3v) is 18.6. The maximum absolute atomic E-state index is 12.7. The standard InChI is InChI=1S/C50H64B2N4O6.C29H40N4O/c1-37(2)49(57)53-30-18-32-56(34-40-22-9-15-28-48(40)52(61)62)36-46-43-25-12-10-23-41(43)45(42-24-11-13-26-44(42)46)35-55(33-39-21-8-14-27-47(39)51(59)60)31-17-4-3-16-29-54-50(58)38-19-6-5-7-20-38;1-22(2)29(34)33-19-11-18-32-21-28-25-14-7-5-12-23(25)27(24-13-6-8-15-26(24)28)20-31-17-10-4-3-9-16-30/h8-15,21-28,38,59-62H,1,3-7,16-20,29-36H2,2H3,(H,53,57)(H,54,58);5-8,12-15,31-32H,1,3-4,9-11,16-21,30H2,2H3,(H,33,34). The molecule has 11 N–H and O–H groups in total. The number of unbranched alkanes of at least 4 members (excludes halogenated alkanes) is 6. The van der Waals surface area contributed by atoms with Crippen molar-refractivity contribution in [2.75, 3.05) is 52.4 Å². The molecule has 8 aromatic rings. The van der Waals surface area contributed by atoms with E-state index in [1.165, 1.54) is 69.5 Å². The number of carbonyl (C=O) groups excluding carboxylic acids is 3. The molecule has 0 spiro atoms. The summed E-state index contributed by atoms with van der Waals surface area (Å²) in [4.78, 5) is 41.3. The minimum atomic E-state index is -1.60. The molecule has 0 unspecified atom stereocenters. The molecule has 0 saturated heterocycles. The molecule has 1 aliphatic rings. The summed E-state index contributed by atoms with van der Waals surface area (Å²) < 4.78 is 0. The van der Waals surface area contributed by atoms with E-state index < -0.39 is 14.2 Å². The van der Waals surface area contributed by atoms with E-state index >= 15 is 0 Å². The summed E-state index contributed by atoms with van der Waals surface area (Å²) in [6.45, 7) is 20.7. The molecule has 9 rings (SSSR count). The second kappa shape index (κ2) is 39.6. The lowest BCUT2D eigenvalue weighted by Crippen LogP contribution is -2.36. The summed E-state index contributed by atoms with van der Waals surface area (Å²) in [7, 11) is -3.17. The Morgan fingerprint density at radius 2 is 0.781 bits per heavy atom.